The second kappa shape index (κ2) is 9.78. The molecule has 30 heavy (non-hydrogen) atoms. The van der Waals surface area contributed by atoms with Crippen LogP contribution >= 0.6 is 0 Å². The Morgan fingerprint density at radius 1 is 1.23 bits per heavy atom. The minimum Gasteiger partial charge on any atom is -0.507 e. The highest BCUT2D eigenvalue weighted by molar-refractivity contribution is 5.99. The van der Waals surface area contributed by atoms with Crippen LogP contribution in [0.5, 0.6) is 11.5 Å². The number of nitrogens with zero attached hydrogens (tertiary/aromatic N) is 4. The number of rotatable bonds is 7. The third kappa shape index (κ3) is 5.38. The van der Waals surface area contributed by atoms with E-state index in [1.807, 2.05) is 25.1 Å². The summed E-state index contributed by atoms with van der Waals surface area (Å²) in [5.41, 5.74) is 4.04. The number of amidine groups is 1. The van der Waals surface area contributed by atoms with Crippen LogP contribution in [0.2, 0.25) is 0 Å². The van der Waals surface area contributed by atoms with Crippen molar-refractivity contribution in [2.24, 2.45) is 10.1 Å². The number of benzene rings is 2. The molecular formula is C21H19N5O4. The molecular weight excluding hydrogens is 386 g/mol. The lowest BCUT2D eigenvalue weighted by Crippen LogP contribution is -2.20. The Hall–Kier alpha value is -4.27. The van der Waals surface area contributed by atoms with Crippen molar-refractivity contribution >= 4 is 23.4 Å². The van der Waals surface area contributed by atoms with Gasteiger partial charge in [0.1, 0.15) is 17.2 Å². The SMILES string of the molecule is CCOc1ccc(N=C(N/N=C/c2cc([N+](=O)[O-])ccc2O)c2ccccn2)cc1. The molecule has 1 heterocycles. The van der Waals surface area contributed by atoms with Crippen LogP contribution in [0.15, 0.2) is 77.0 Å². The summed E-state index contributed by atoms with van der Waals surface area (Å²) in [4.78, 5) is 19.2. The first-order valence-corrected chi connectivity index (χ1v) is 9.06. The maximum Gasteiger partial charge on any atom is 0.270 e. The second-order valence-electron chi connectivity index (χ2n) is 5.97. The molecule has 0 atom stereocenters. The zero-order chi connectivity index (χ0) is 21.3. The number of hydrazone groups is 1. The zero-order valence-electron chi connectivity index (χ0n) is 16.1. The molecule has 0 amide bonds. The topological polar surface area (TPSA) is 122 Å². The third-order valence-electron chi connectivity index (χ3n) is 3.89. The van der Waals surface area contributed by atoms with Crippen molar-refractivity contribution in [2.75, 3.05) is 6.61 Å². The summed E-state index contributed by atoms with van der Waals surface area (Å²) in [6.07, 6.45) is 2.90. The van der Waals surface area contributed by atoms with Gasteiger partial charge >= 0.3 is 0 Å². The average Bonchev–Trinajstić information content (AvgIpc) is 2.76. The number of phenolic OH excluding ortho intramolecular Hbond substituents is 1. The molecule has 2 aromatic carbocycles. The fourth-order valence-corrected chi connectivity index (χ4v) is 2.48. The molecule has 0 spiro atoms. The number of nitrogens with one attached hydrogen (secondary N) is 1. The van der Waals surface area contributed by atoms with Crippen LogP contribution in [0.25, 0.3) is 0 Å². The van der Waals surface area contributed by atoms with Gasteiger partial charge in [0.2, 0.25) is 0 Å². The summed E-state index contributed by atoms with van der Waals surface area (Å²) >= 11 is 0. The number of hydrogen-bond acceptors (Lipinski definition) is 7. The fourth-order valence-electron chi connectivity index (χ4n) is 2.48. The Labute approximate surface area is 172 Å². The maximum atomic E-state index is 10.9. The first-order valence-electron chi connectivity index (χ1n) is 9.06. The van der Waals surface area contributed by atoms with Gasteiger partial charge in [-0.25, -0.2) is 4.99 Å². The molecule has 3 rings (SSSR count). The Morgan fingerprint density at radius 3 is 2.70 bits per heavy atom. The Bertz CT molecular complexity index is 1070. The quantitative estimate of drug-likeness (QED) is 0.267. The van der Waals surface area contributed by atoms with Crippen molar-refractivity contribution in [2.45, 2.75) is 6.92 Å². The number of non-ortho nitro benzene ring substituents is 1. The fraction of sp³-hybridized carbons (Fsp3) is 0.0952. The molecule has 1 aromatic heterocycles. The largest absolute Gasteiger partial charge is 0.507 e. The summed E-state index contributed by atoms with van der Waals surface area (Å²) in [5.74, 6) is 0.970. The van der Waals surface area contributed by atoms with Crippen LogP contribution in [0.1, 0.15) is 18.2 Å². The predicted octanol–water partition coefficient (Wildman–Crippen LogP) is 3.80. The van der Waals surface area contributed by atoms with Crippen molar-refractivity contribution in [3.63, 3.8) is 0 Å². The predicted molar refractivity (Wildman–Crippen MR) is 114 cm³/mol. The molecule has 3 aromatic rings. The standard InChI is InChI=1S/C21H19N5O4/c1-2-30-18-9-6-16(7-10-18)24-21(19-5-3-4-12-22-19)25-23-14-15-13-17(26(28)29)8-11-20(15)27/h3-14,27H,2H2,1H3,(H,24,25)/b23-14+. The first-order chi connectivity index (χ1) is 14.6. The monoisotopic (exact) mass is 405 g/mol. The van der Waals surface area contributed by atoms with Crippen molar-refractivity contribution < 1.29 is 14.8 Å². The minimum absolute atomic E-state index is 0.131. The van der Waals surface area contributed by atoms with Gasteiger partial charge in [-0.1, -0.05) is 6.07 Å². The Balaban J connectivity index is 1.86. The first kappa shape index (κ1) is 20.5. The normalized spacial score (nSPS) is 11.4. The highest BCUT2D eigenvalue weighted by atomic mass is 16.6. The van der Waals surface area contributed by atoms with Crippen LogP contribution in [-0.4, -0.2) is 33.7 Å². The molecule has 0 aliphatic heterocycles. The summed E-state index contributed by atoms with van der Waals surface area (Å²) in [5, 5.41) is 24.9. The van der Waals surface area contributed by atoms with Crippen molar-refractivity contribution in [3.8, 4) is 11.5 Å². The summed E-state index contributed by atoms with van der Waals surface area (Å²) in [6.45, 7) is 2.48. The summed E-state index contributed by atoms with van der Waals surface area (Å²) in [6, 6.07) is 16.3. The maximum absolute atomic E-state index is 10.9. The van der Waals surface area contributed by atoms with Crippen LogP contribution in [0, 0.1) is 10.1 Å². The van der Waals surface area contributed by atoms with E-state index >= 15 is 0 Å². The van der Waals surface area contributed by atoms with E-state index in [1.165, 1.54) is 24.4 Å². The molecule has 0 radical (unpaired) electrons. The van der Waals surface area contributed by atoms with Crippen LogP contribution in [-0.2, 0) is 0 Å². The molecule has 152 valence electrons. The minimum atomic E-state index is -0.545. The number of nitro groups is 1. The van der Waals surface area contributed by atoms with Crippen molar-refractivity contribution in [1.82, 2.24) is 10.4 Å². The van der Waals surface area contributed by atoms with Crippen LogP contribution < -0.4 is 10.2 Å². The lowest BCUT2D eigenvalue weighted by atomic mass is 10.2. The van der Waals surface area contributed by atoms with E-state index in [-0.39, 0.29) is 17.0 Å². The van der Waals surface area contributed by atoms with Crippen LogP contribution in [0.3, 0.4) is 0 Å². The van der Waals surface area contributed by atoms with E-state index < -0.39 is 4.92 Å². The van der Waals surface area contributed by atoms with Gasteiger partial charge in [-0.05, 0) is 49.4 Å². The number of phenols is 1. The molecule has 2 N–H and O–H groups in total. The molecule has 0 saturated heterocycles. The number of pyridine rings is 1. The number of hydrogen-bond donors (Lipinski definition) is 2. The van der Waals surface area contributed by atoms with Gasteiger partial charge < -0.3 is 9.84 Å². The smallest absolute Gasteiger partial charge is 0.270 e. The third-order valence-corrected chi connectivity index (χ3v) is 3.89. The van der Waals surface area contributed by atoms with E-state index in [9.17, 15) is 15.2 Å². The van der Waals surface area contributed by atoms with Gasteiger partial charge in [0, 0.05) is 23.9 Å². The van der Waals surface area contributed by atoms with Crippen molar-refractivity contribution in [1.29, 1.82) is 0 Å². The van der Waals surface area contributed by atoms with E-state index in [4.69, 9.17) is 4.74 Å². The van der Waals surface area contributed by atoms with Gasteiger partial charge in [0.15, 0.2) is 5.84 Å². The van der Waals surface area contributed by atoms with Gasteiger partial charge in [-0.3, -0.25) is 20.5 Å². The molecule has 0 fully saturated rings. The molecule has 0 unspecified atom stereocenters. The molecule has 0 bridgehead atoms. The highest BCUT2D eigenvalue weighted by Gasteiger charge is 2.09. The number of ether oxygens (including phenoxy) is 1. The molecule has 9 nitrogen and oxygen atoms in total. The molecule has 0 saturated carbocycles. The van der Waals surface area contributed by atoms with Gasteiger partial charge in [0.25, 0.3) is 5.69 Å². The Kier molecular flexibility index (Phi) is 6.67. The van der Waals surface area contributed by atoms with Gasteiger partial charge in [0.05, 0.1) is 23.4 Å². The number of nitro benzene ring substituents is 1. The molecule has 0 aliphatic carbocycles. The average molecular weight is 405 g/mol. The lowest BCUT2D eigenvalue weighted by Gasteiger charge is -2.07. The Morgan fingerprint density at radius 2 is 2.03 bits per heavy atom. The van der Waals surface area contributed by atoms with Gasteiger partial charge in [-0.2, -0.15) is 5.10 Å². The zero-order valence-corrected chi connectivity index (χ0v) is 16.1. The number of aromatic nitrogens is 1. The van der Waals surface area contributed by atoms with E-state index in [2.05, 4.69) is 20.5 Å². The van der Waals surface area contributed by atoms with Gasteiger partial charge in [-0.15, -0.1) is 0 Å². The van der Waals surface area contributed by atoms with E-state index in [1.54, 1.807) is 30.5 Å². The summed E-state index contributed by atoms with van der Waals surface area (Å²) in [7, 11) is 0. The van der Waals surface area contributed by atoms with E-state index in [0.29, 0.717) is 23.8 Å². The molecule has 0 aliphatic rings. The van der Waals surface area contributed by atoms with E-state index in [0.717, 1.165) is 5.75 Å². The lowest BCUT2D eigenvalue weighted by molar-refractivity contribution is -0.384. The van der Waals surface area contributed by atoms with Crippen LogP contribution in [0.4, 0.5) is 11.4 Å². The second-order valence-corrected chi connectivity index (χ2v) is 5.97. The highest BCUT2D eigenvalue weighted by Crippen LogP contribution is 2.21. The molecule has 9 heteroatoms. The number of aliphatic imine (C=N–C) groups is 1. The number of aromatic hydroxyl groups is 1. The van der Waals surface area contributed by atoms with Crippen molar-refractivity contribution in [3.05, 3.63) is 88.2 Å². The summed E-state index contributed by atoms with van der Waals surface area (Å²) < 4.78 is 5.43.